The van der Waals surface area contributed by atoms with Gasteiger partial charge in [-0.05, 0) is 6.42 Å². The van der Waals surface area contributed by atoms with Crippen molar-refractivity contribution in [2.45, 2.75) is 30.7 Å². The van der Waals surface area contributed by atoms with E-state index in [9.17, 15) is 4.79 Å². The fourth-order valence-corrected chi connectivity index (χ4v) is 1.50. The molecule has 0 fully saturated rings. The van der Waals surface area contributed by atoms with E-state index in [2.05, 4.69) is 17.1 Å². The van der Waals surface area contributed by atoms with Gasteiger partial charge in [-0.1, -0.05) is 25.6 Å². The average Bonchev–Trinajstić information content (AvgIpc) is 2.13. The number of rotatable bonds is 3. The molecule has 72 valence electrons. The summed E-state index contributed by atoms with van der Waals surface area (Å²) in [5, 5.41) is 8.17. The van der Waals surface area contributed by atoms with Crippen LogP contribution in [0.3, 0.4) is 0 Å². The lowest BCUT2D eigenvalue weighted by atomic mass is 10.4. The maximum absolute atomic E-state index is 11.0. The van der Waals surface area contributed by atoms with Gasteiger partial charge in [0, 0.05) is 5.25 Å². The molecule has 1 rings (SSSR count). The molecule has 0 aliphatic carbocycles. The number of aromatic nitrogens is 3. The maximum atomic E-state index is 11.0. The van der Waals surface area contributed by atoms with Crippen molar-refractivity contribution in [2.24, 2.45) is 0 Å². The molecule has 0 amide bonds. The molecular weight excluding hydrogens is 188 g/mol. The van der Waals surface area contributed by atoms with E-state index in [1.807, 2.05) is 6.92 Å². The van der Waals surface area contributed by atoms with Crippen molar-refractivity contribution in [1.82, 2.24) is 14.9 Å². The van der Waals surface area contributed by atoms with Gasteiger partial charge < -0.3 is 5.84 Å². The van der Waals surface area contributed by atoms with Crippen LogP contribution in [0.15, 0.2) is 16.1 Å². The Bertz CT molecular complexity index is 338. The van der Waals surface area contributed by atoms with Crippen LogP contribution < -0.4 is 11.4 Å². The van der Waals surface area contributed by atoms with Crippen molar-refractivity contribution in [3.8, 4) is 0 Å². The quantitative estimate of drug-likeness (QED) is 0.559. The van der Waals surface area contributed by atoms with Crippen LogP contribution in [0, 0.1) is 0 Å². The monoisotopic (exact) mass is 200 g/mol. The Balaban J connectivity index is 2.89. The highest BCUT2D eigenvalue weighted by atomic mass is 32.2. The molecule has 1 heterocycles. The summed E-state index contributed by atoms with van der Waals surface area (Å²) in [5.74, 6) is 5.47. The summed E-state index contributed by atoms with van der Waals surface area (Å²) in [7, 11) is 0. The summed E-state index contributed by atoms with van der Waals surface area (Å²) in [4.78, 5) is 11.0. The number of hydrogen-bond acceptors (Lipinski definition) is 5. The second-order valence-corrected chi connectivity index (χ2v) is 4.08. The van der Waals surface area contributed by atoms with Crippen LogP contribution in [-0.2, 0) is 0 Å². The van der Waals surface area contributed by atoms with Crippen molar-refractivity contribution >= 4 is 11.8 Å². The highest BCUT2D eigenvalue weighted by Crippen LogP contribution is 2.19. The SMILES string of the molecule is CCC(C)Sc1nncc(=O)n1N. The number of nitrogens with two attached hydrogens (primary N) is 1. The zero-order valence-corrected chi connectivity index (χ0v) is 8.41. The Morgan fingerprint density at radius 1 is 1.77 bits per heavy atom. The molecule has 0 saturated carbocycles. The van der Waals surface area contributed by atoms with Gasteiger partial charge in [0.05, 0.1) is 0 Å². The molecule has 5 nitrogen and oxygen atoms in total. The molecule has 0 aliphatic rings. The molecule has 0 aliphatic heterocycles. The second-order valence-electron chi connectivity index (χ2n) is 2.67. The normalized spacial score (nSPS) is 12.8. The number of hydrogen-bond donors (Lipinski definition) is 1. The Morgan fingerprint density at radius 2 is 2.46 bits per heavy atom. The zero-order valence-electron chi connectivity index (χ0n) is 7.60. The van der Waals surface area contributed by atoms with Gasteiger partial charge in [0.1, 0.15) is 6.20 Å². The minimum atomic E-state index is -0.333. The van der Waals surface area contributed by atoms with Crippen LogP contribution in [0.25, 0.3) is 0 Å². The smallest absolute Gasteiger partial charge is 0.291 e. The van der Waals surface area contributed by atoms with Crippen LogP contribution >= 0.6 is 11.8 Å². The van der Waals surface area contributed by atoms with Gasteiger partial charge in [-0.25, -0.2) is 0 Å². The van der Waals surface area contributed by atoms with Crippen molar-refractivity contribution in [3.63, 3.8) is 0 Å². The standard InChI is InChI=1S/C7H12N4OS/c1-3-5(2)13-7-10-9-4-6(12)11(7)8/h4-5H,3,8H2,1-2H3. The number of nitrogens with zero attached hydrogens (tertiary/aromatic N) is 3. The van der Waals surface area contributed by atoms with E-state index in [4.69, 9.17) is 5.84 Å². The Kier molecular flexibility index (Phi) is 3.30. The molecule has 1 aromatic heterocycles. The first-order valence-corrected chi connectivity index (χ1v) is 4.89. The van der Waals surface area contributed by atoms with E-state index in [1.54, 1.807) is 0 Å². The van der Waals surface area contributed by atoms with Crippen molar-refractivity contribution in [3.05, 3.63) is 16.6 Å². The van der Waals surface area contributed by atoms with Gasteiger partial charge >= 0.3 is 0 Å². The topological polar surface area (TPSA) is 73.8 Å². The summed E-state index contributed by atoms with van der Waals surface area (Å²) >= 11 is 1.45. The first-order valence-electron chi connectivity index (χ1n) is 4.01. The van der Waals surface area contributed by atoms with E-state index in [0.717, 1.165) is 17.3 Å². The van der Waals surface area contributed by atoms with Gasteiger partial charge in [-0.3, -0.25) is 4.79 Å². The Morgan fingerprint density at radius 3 is 3.08 bits per heavy atom. The maximum Gasteiger partial charge on any atom is 0.291 e. The van der Waals surface area contributed by atoms with Crippen molar-refractivity contribution < 1.29 is 0 Å². The average molecular weight is 200 g/mol. The number of nitrogen functional groups attached to an aromatic ring is 1. The lowest BCUT2D eigenvalue weighted by Gasteiger charge is -2.08. The van der Waals surface area contributed by atoms with Gasteiger partial charge in [0.25, 0.3) is 5.56 Å². The van der Waals surface area contributed by atoms with Crippen molar-refractivity contribution in [2.75, 3.05) is 5.84 Å². The van der Waals surface area contributed by atoms with Gasteiger partial charge in [-0.15, -0.1) is 5.10 Å². The minimum Gasteiger partial charge on any atom is -0.334 e. The second kappa shape index (κ2) is 4.27. The van der Waals surface area contributed by atoms with E-state index in [0.29, 0.717) is 10.4 Å². The molecule has 0 aromatic carbocycles. The largest absolute Gasteiger partial charge is 0.334 e. The fourth-order valence-electron chi connectivity index (χ4n) is 0.676. The van der Waals surface area contributed by atoms with Crippen LogP contribution in [0.2, 0.25) is 0 Å². The minimum absolute atomic E-state index is 0.333. The lowest BCUT2D eigenvalue weighted by Crippen LogP contribution is -2.30. The summed E-state index contributed by atoms with van der Waals surface area (Å²) in [5.41, 5.74) is -0.333. The summed E-state index contributed by atoms with van der Waals surface area (Å²) in [6.07, 6.45) is 2.09. The first kappa shape index (κ1) is 10.0. The highest BCUT2D eigenvalue weighted by Gasteiger charge is 2.07. The molecule has 0 saturated heterocycles. The van der Waals surface area contributed by atoms with Crippen LogP contribution in [0.4, 0.5) is 0 Å². The predicted molar refractivity (Wildman–Crippen MR) is 52.1 cm³/mol. The molecule has 0 bridgehead atoms. The predicted octanol–water partition coefficient (Wildman–Crippen LogP) is 0.243. The number of thioether (sulfide) groups is 1. The third-order valence-electron chi connectivity index (χ3n) is 1.64. The van der Waals surface area contributed by atoms with Crippen LogP contribution in [0.5, 0.6) is 0 Å². The molecule has 1 aromatic rings. The summed E-state index contributed by atoms with van der Waals surface area (Å²) in [6.45, 7) is 4.11. The first-order chi connectivity index (χ1) is 6.15. The molecule has 1 atom stereocenters. The fraction of sp³-hybridized carbons (Fsp3) is 0.571. The zero-order chi connectivity index (χ0) is 9.84. The lowest BCUT2D eigenvalue weighted by molar-refractivity contribution is 0.694. The van der Waals surface area contributed by atoms with E-state index >= 15 is 0 Å². The van der Waals surface area contributed by atoms with E-state index in [1.165, 1.54) is 11.8 Å². The van der Waals surface area contributed by atoms with E-state index < -0.39 is 0 Å². The van der Waals surface area contributed by atoms with Gasteiger partial charge in [-0.2, -0.15) is 9.77 Å². The third kappa shape index (κ3) is 2.45. The summed E-state index contributed by atoms with van der Waals surface area (Å²) in [6, 6.07) is 0. The molecule has 0 spiro atoms. The van der Waals surface area contributed by atoms with E-state index in [-0.39, 0.29) is 5.56 Å². The van der Waals surface area contributed by atoms with Crippen LogP contribution in [0.1, 0.15) is 20.3 Å². The molecule has 6 heteroatoms. The molecule has 1 unspecified atom stereocenters. The Labute approximate surface area is 80.3 Å². The third-order valence-corrected chi connectivity index (χ3v) is 2.86. The molecular formula is C7H12N4OS. The van der Waals surface area contributed by atoms with Gasteiger partial charge in [0.15, 0.2) is 0 Å². The highest BCUT2D eigenvalue weighted by molar-refractivity contribution is 7.99. The summed E-state index contributed by atoms with van der Waals surface area (Å²) < 4.78 is 1.02. The molecule has 2 N–H and O–H groups in total. The van der Waals surface area contributed by atoms with Crippen LogP contribution in [-0.4, -0.2) is 20.1 Å². The molecule has 13 heavy (non-hydrogen) atoms. The van der Waals surface area contributed by atoms with Gasteiger partial charge in [0.2, 0.25) is 5.16 Å². The Hall–Kier alpha value is -1.04. The molecule has 0 radical (unpaired) electrons. The van der Waals surface area contributed by atoms with Crippen molar-refractivity contribution in [1.29, 1.82) is 0 Å².